The third-order valence-electron chi connectivity index (χ3n) is 2.76. The van der Waals surface area contributed by atoms with E-state index < -0.39 is 17.9 Å². The molecule has 0 aromatic heterocycles. The fourth-order valence-corrected chi connectivity index (χ4v) is 1.79. The molecule has 6 heteroatoms. The summed E-state index contributed by atoms with van der Waals surface area (Å²) < 4.78 is 0. The van der Waals surface area contributed by atoms with Crippen molar-refractivity contribution in [2.45, 2.75) is 51.4 Å². The van der Waals surface area contributed by atoms with E-state index >= 15 is 0 Å². The second kappa shape index (κ2) is 11.7. The predicted molar refractivity (Wildman–Crippen MR) is 77.1 cm³/mol. The molecule has 0 heterocycles. The van der Waals surface area contributed by atoms with E-state index in [0.29, 0.717) is 6.42 Å². The van der Waals surface area contributed by atoms with E-state index in [4.69, 9.17) is 15.3 Å². The average molecular weight is 298 g/mol. The molecule has 0 saturated carbocycles. The SMILES string of the molecule is O=C(O)/C=C(\C=C\CCCCCCCC(=O)O)CC(=O)O. The largest absolute Gasteiger partial charge is 0.481 e. The van der Waals surface area contributed by atoms with Gasteiger partial charge in [0.25, 0.3) is 0 Å². The van der Waals surface area contributed by atoms with E-state index in [9.17, 15) is 14.4 Å². The molecule has 21 heavy (non-hydrogen) atoms. The Morgan fingerprint density at radius 1 is 0.810 bits per heavy atom. The molecule has 0 aliphatic heterocycles. The second-order valence-corrected chi connectivity index (χ2v) is 4.73. The van der Waals surface area contributed by atoms with Gasteiger partial charge in [-0.15, -0.1) is 0 Å². The van der Waals surface area contributed by atoms with Crippen LogP contribution in [0.15, 0.2) is 23.8 Å². The maximum atomic E-state index is 10.6. The Hall–Kier alpha value is -2.11. The molecule has 0 rings (SSSR count). The normalized spacial score (nSPS) is 11.7. The highest BCUT2D eigenvalue weighted by Gasteiger charge is 2.02. The quantitative estimate of drug-likeness (QED) is 0.290. The highest BCUT2D eigenvalue weighted by molar-refractivity contribution is 5.83. The minimum absolute atomic E-state index is 0.207. The lowest BCUT2D eigenvalue weighted by atomic mass is 10.1. The molecule has 0 saturated heterocycles. The van der Waals surface area contributed by atoms with Crippen molar-refractivity contribution in [3.63, 3.8) is 0 Å². The number of unbranched alkanes of at least 4 members (excludes halogenated alkanes) is 5. The van der Waals surface area contributed by atoms with Crippen molar-refractivity contribution >= 4 is 17.9 Å². The molecule has 0 spiro atoms. The molecule has 0 aromatic rings. The molecule has 0 atom stereocenters. The molecular formula is C15H22O6. The standard InChI is InChI=1S/C15H22O6/c16-13(17)9-7-5-3-1-2-4-6-8-12(10-14(18)19)11-15(20)21/h6,8,10H,1-5,7,9,11H2,(H,16,17)(H,18,19)(H,20,21)/b8-6+,12-10+. The van der Waals surface area contributed by atoms with Gasteiger partial charge in [-0.25, -0.2) is 4.79 Å². The Bertz CT molecular complexity index is 408. The highest BCUT2D eigenvalue weighted by Crippen LogP contribution is 2.09. The lowest BCUT2D eigenvalue weighted by Gasteiger charge is -1.99. The van der Waals surface area contributed by atoms with Crippen LogP contribution in [0.5, 0.6) is 0 Å². The maximum Gasteiger partial charge on any atom is 0.328 e. The van der Waals surface area contributed by atoms with Gasteiger partial charge in [0.05, 0.1) is 6.42 Å². The molecule has 6 nitrogen and oxygen atoms in total. The second-order valence-electron chi connectivity index (χ2n) is 4.73. The van der Waals surface area contributed by atoms with Crippen molar-refractivity contribution in [3.05, 3.63) is 23.8 Å². The summed E-state index contributed by atoms with van der Waals surface area (Å²) in [5, 5.41) is 25.7. The molecule has 0 unspecified atom stereocenters. The van der Waals surface area contributed by atoms with Crippen LogP contribution in [-0.2, 0) is 14.4 Å². The molecule has 0 aliphatic carbocycles. The summed E-state index contributed by atoms with van der Waals surface area (Å²) in [5.41, 5.74) is 0.261. The zero-order chi connectivity index (χ0) is 16.1. The third kappa shape index (κ3) is 14.1. The van der Waals surface area contributed by atoms with Crippen molar-refractivity contribution in [2.75, 3.05) is 0 Å². The van der Waals surface area contributed by atoms with Gasteiger partial charge in [-0.1, -0.05) is 31.4 Å². The zero-order valence-corrected chi connectivity index (χ0v) is 12.0. The Morgan fingerprint density at radius 2 is 1.43 bits per heavy atom. The van der Waals surface area contributed by atoms with Crippen LogP contribution in [0.4, 0.5) is 0 Å². The monoisotopic (exact) mass is 298 g/mol. The van der Waals surface area contributed by atoms with E-state index in [2.05, 4.69) is 0 Å². The number of aliphatic carboxylic acids is 3. The van der Waals surface area contributed by atoms with Crippen molar-refractivity contribution in [1.29, 1.82) is 0 Å². The molecule has 118 valence electrons. The number of rotatable bonds is 12. The number of hydrogen-bond acceptors (Lipinski definition) is 3. The molecule has 3 N–H and O–H groups in total. The maximum absolute atomic E-state index is 10.6. The van der Waals surface area contributed by atoms with Crippen molar-refractivity contribution < 1.29 is 29.7 Å². The summed E-state index contributed by atoms with van der Waals surface area (Å²) >= 11 is 0. The van der Waals surface area contributed by atoms with Crippen LogP contribution in [-0.4, -0.2) is 33.2 Å². The fourth-order valence-electron chi connectivity index (χ4n) is 1.79. The smallest absolute Gasteiger partial charge is 0.328 e. The van der Waals surface area contributed by atoms with Crippen LogP contribution in [0, 0.1) is 0 Å². The van der Waals surface area contributed by atoms with Gasteiger partial charge in [-0.3, -0.25) is 9.59 Å². The van der Waals surface area contributed by atoms with E-state index in [1.807, 2.05) is 0 Å². The van der Waals surface area contributed by atoms with Crippen molar-refractivity contribution in [3.8, 4) is 0 Å². The molecule has 0 aliphatic rings. The van der Waals surface area contributed by atoms with E-state index in [0.717, 1.165) is 38.2 Å². The summed E-state index contributed by atoms with van der Waals surface area (Å²) in [5.74, 6) is -2.99. The zero-order valence-electron chi connectivity index (χ0n) is 12.0. The fraction of sp³-hybridized carbons (Fsp3) is 0.533. The Kier molecular flexibility index (Phi) is 10.5. The van der Waals surface area contributed by atoms with E-state index in [1.165, 1.54) is 6.08 Å². The molecule has 0 fully saturated rings. The Morgan fingerprint density at radius 3 is 2.00 bits per heavy atom. The van der Waals surface area contributed by atoms with Gasteiger partial charge >= 0.3 is 17.9 Å². The van der Waals surface area contributed by atoms with Crippen LogP contribution in [0.25, 0.3) is 0 Å². The summed E-state index contributed by atoms with van der Waals surface area (Å²) in [4.78, 5) is 31.4. The average Bonchev–Trinajstić information content (AvgIpc) is 2.34. The summed E-state index contributed by atoms with van der Waals surface area (Å²) in [6.07, 6.45) is 9.28. The number of allylic oxidation sites excluding steroid dienone is 2. The molecule has 0 radical (unpaired) electrons. The van der Waals surface area contributed by atoms with Crippen LogP contribution >= 0.6 is 0 Å². The van der Waals surface area contributed by atoms with Crippen LogP contribution < -0.4 is 0 Å². The summed E-state index contributed by atoms with van der Waals surface area (Å²) in [7, 11) is 0. The van der Waals surface area contributed by atoms with Crippen molar-refractivity contribution in [2.24, 2.45) is 0 Å². The molecule has 0 aromatic carbocycles. The first-order chi connectivity index (χ1) is 9.91. The van der Waals surface area contributed by atoms with Crippen LogP contribution in [0.1, 0.15) is 51.4 Å². The number of hydrogen-bond donors (Lipinski definition) is 3. The van der Waals surface area contributed by atoms with Crippen molar-refractivity contribution in [1.82, 2.24) is 0 Å². The van der Waals surface area contributed by atoms with Gasteiger partial charge in [0.2, 0.25) is 0 Å². The van der Waals surface area contributed by atoms with Gasteiger partial charge < -0.3 is 15.3 Å². The Labute approximate surface area is 123 Å². The van der Waals surface area contributed by atoms with Gasteiger partial charge in [-0.2, -0.15) is 0 Å². The minimum Gasteiger partial charge on any atom is -0.481 e. The number of carboxylic acid groups (broad SMARTS) is 3. The van der Waals surface area contributed by atoms with Gasteiger partial charge in [0.15, 0.2) is 0 Å². The highest BCUT2D eigenvalue weighted by atomic mass is 16.4. The minimum atomic E-state index is -1.16. The van der Waals surface area contributed by atoms with Gasteiger partial charge in [0, 0.05) is 12.5 Å². The number of carboxylic acids is 3. The third-order valence-corrected chi connectivity index (χ3v) is 2.76. The molecular weight excluding hydrogens is 276 g/mol. The predicted octanol–water partition coefficient (Wildman–Crippen LogP) is 2.84. The van der Waals surface area contributed by atoms with Gasteiger partial charge in [-0.05, 0) is 24.8 Å². The lowest BCUT2D eigenvalue weighted by Crippen LogP contribution is -1.98. The van der Waals surface area contributed by atoms with Crippen LogP contribution in [0.2, 0.25) is 0 Å². The first-order valence-electron chi connectivity index (χ1n) is 6.95. The first kappa shape index (κ1) is 18.9. The molecule has 0 bridgehead atoms. The topological polar surface area (TPSA) is 112 Å². The van der Waals surface area contributed by atoms with Gasteiger partial charge in [0.1, 0.15) is 0 Å². The number of carbonyl (C=O) groups is 3. The van der Waals surface area contributed by atoms with E-state index in [1.54, 1.807) is 6.08 Å². The van der Waals surface area contributed by atoms with Crippen LogP contribution in [0.3, 0.4) is 0 Å². The van der Waals surface area contributed by atoms with E-state index in [-0.39, 0.29) is 18.4 Å². The summed E-state index contributed by atoms with van der Waals surface area (Å²) in [6.45, 7) is 0. The first-order valence-corrected chi connectivity index (χ1v) is 6.95. The molecule has 0 amide bonds. The Balaban J connectivity index is 3.84. The summed E-state index contributed by atoms with van der Waals surface area (Å²) in [6, 6.07) is 0. The lowest BCUT2D eigenvalue weighted by molar-refractivity contribution is -0.137.